The summed E-state index contributed by atoms with van der Waals surface area (Å²) in [6, 6.07) is -0.154. The number of esters is 1. The van der Waals surface area contributed by atoms with Crippen LogP contribution >= 0.6 is 0 Å². The molecule has 0 unspecified atom stereocenters. The van der Waals surface area contributed by atoms with Crippen molar-refractivity contribution in [2.45, 2.75) is 39.2 Å². The summed E-state index contributed by atoms with van der Waals surface area (Å²) in [5, 5.41) is 3.14. The third-order valence-electron chi connectivity index (χ3n) is 2.68. The van der Waals surface area contributed by atoms with Gasteiger partial charge in [0.15, 0.2) is 5.78 Å². The fraction of sp³-hybridized carbons (Fsp3) is 0.818. The molecular weight excluding hydrogens is 194 g/mol. The lowest BCUT2D eigenvalue weighted by molar-refractivity contribution is -0.146. The number of hydrogen-bond donors (Lipinski definition) is 1. The molecule has 0 aromatic rings. The lowest BCUT2D eigenvalue weighted by Gasteiger charge is -2.26. The molecule has 1 fully saturated rings. The predicted octanol–water partition coefficient (Wildman–Crippen LogP) is 0.897. The molecule has 1 heterocycles. The number of nitrogens with one attached hydrogen (secondary N) is 1. The van der Waals surface area contributed by atoms with Gasteiger partial charge in [-0.2, -0.15) is 0 Å². The Morgan fingerprint density at radius 2 is 2.20 bits per heavy atom. The van der Waals surface area contributed by atoms with Crippen LogP contribution in [0.2, 0.25) is 0 Å². The molecule has 1 N–H and O–H groups in total. The lowest BCUT2D eigenvalue weighted by Crippen LogP contribution is -2.43. The quantitative estimate of drug-likeness (QED) is 0.557. The Morgan fingerprint density at radius 3 is 2.80 bits per heavy atom. The summed E-state index contributed by atoms with van der Waals surface area (Å²) in [7, 11) is 0. The van der Waals surface area contributed by atoms with E-state index in [2.05, 4.69) is 12.2 Å². The van der Waals surface area contributed by atoms with E-state index in [0.29, 0.717) is 12.5 Å². The van der Waals surface area contributed by atoms with Crippen LogP contribution in [0.25, 0.3) is 0 Å². The number of carbonyl (C=O) groups excluding carboxylic acids is 2. The summed E-state index contributed by atoms with van der Waals surface area (Å²) < 4.78 is 4.74. The molecule has 1 aliphatic heterocycles. The summed E-state index contributed by atoms with van der Waals surface area (Å²) in [6.45, 7) is 5.07. The predicted molar refractivity (Wildman–Crippen MR) is 56.4 cm³/mol. The van der Waals surface area contributed by atoms with Gasteiger partial charge in [0, 0.05) is 0 Å². The Kier molecular flexibility index (Phi) is 4.75. The van der Waals surface area contributed by atoms with E-state index in [0.717, 1.165) is 19.4 Å². The van der Waals surface area contributed by atoms with Crippen molar-refractivity contribution >= 4 is 11.8 Å². The fourth-order valence-corrected chi connectivity index (χ4v) is 1.83. The van der Waals surface area contributed by atoms with Crippen LogP contribution in [0.5, 0.6) is 0 Å². The number of hydrogen-bond acceptors (Lipinski definition) is 4. The molecule has 0 aliphatic carbocycles. The molecule has 0 radical (unpaired) electrons. The van der Waals surface area contributed by atoms with Gasteiger partial charge in [0.05, 0.1) is 12.6 Å². The van der Waals surface area contributed by atoms with Gasteiger partial charge in [0.25, 0.3) is 0 Å². The van der Waals surface area contributed by atoms with Crippen LogP contribution in [0, 0.1) is 5.92 Å². The highest BCUT2D eigenvalue weighted by Crippen LogP contribution is 2.16. The SMILES string of the molecule is CCOC(=O)CC(=O)[C@H]1C[C@H](C)CCN1. The summed E-state index contributed by atoms with van der Waals surface area (Å²) in [4.78, 5) is 22.8. The number of piperidine rings is 1. The average molecular weight is 213 g/mol. The highest BCUT2D eigenvalue weighted by molar-refractivity contribution is 5.98. The van der Waals surface area contributed by atoms with Gasteiger partial charge in [-0.15, -0.1) is 0 Å². The van der Waals surface area contributed by atoms with E-state index < -0.39 is 5.97 Å². The Labute approximate surface area is 90.4 Å². The van der Waals surface area contributed by atoms with Gasteiger partial charge in [-0.1, -0.05) is 6.92 Å². The molecule has 0 aromatic carbocycles. The average Bonchev–Trinajstić information content (AvgIpc) is 2.18. The Bertz CT molecular complexity index is 240. The van der Waals surface area contributed by atoms with Crippen LogP contribution in [-0.4, -0.2) is 30.9 Å². The maximum atomic E-state index is 11.7. The molecule has 0 amide bonds. The number of carbonyl (C=O) groups is 2. The highest BCUT2D eigenvalue weighted by Gasteiger charge is 2.26. The molecule has 1 rings (SSSR count). The van der Waals surface area contributed by atoms with Crippen LogP contribution < -0.4 is 5.32 Å². The second kappa shape index (κ2) is 5.85. The monoisotopic (exact) mass is 213 g/mol. The molecule has 0 bridgehead atoms. The maximum Gasteiger partial charge on any atom is 0.313 e. The van der Waals surface area contributed by atoms with E-state index in [-0.39, 0.29) is 18.2 Å². The Hall–Kier alpha value is -0.900. The van der Waals surface area contributed by atoms with Gasteiger partial charge in [-0.05, 0) is 32.2 Å². The van der Waals surface area contributed by atoms with E-state index in [4.69, 9.17) is 4.74 Å². The standard InChI is InChI=1S/C11H19NO3/c1-3-15-11(14)7-10(13)9-6-8(2)4-5-12-9/h8-9,12H,3-7H2,1-2H3/t8-,9-/m1/s1. The minimum absolute atomic E-state index is 0.0417. The van der Waals surface area contributed by atoms with Gasteiger partial charge in [-0.3, -0.25) is 9.59 Å². The summed E-state index contributed by atoms with van der Waals surface area (Å²) >= 11 is 0. The zero-order chi connectivity index (χ0) is 11.3. The van der Waals surface area contributed by atoms with Crippen LogP contribution in [0.15, 0.2) is 0 Å². The van der Waals surface area contributed by atoms with Crippen molar-refractivity contribution in [3.05, 3.63) is 0 Å². The molecule has 1 saturated heterocycles. The third kappa shape index (κ3) is 4.00. The van der Waals surface area contributed by atoms with Crippen LogP contribution in [0.4, 0.5) is 0 Å². The van der Waals surface area contributed by atoms with Gasteiger partial charge in [-0.25, -0.2) is 0 Å². The topological polar surface area (TPSA) is 55.4 Å². The normalized spacial score (nSPS) is 26.0. The second-order valence-corrected chi connectivity index (χ2v) is 4.08. The molecule has 15 heavy (non-hydrogen) atoms. The van der Waals surface area contributed by atoms with Crippen molar-refractivity contribution in [1.82, 2.24) is 5.32 Å². The van der Waals surface area contributed by atoms with Crippen LogP contribution in [0.1, 0.15) is 33.1 Å². The minimum Gasteiger partial charge on any atom is -0.466 e. The van der Waals surface area contributed by atoms with Crippen molar-refractivity contribution in [2.75, 3.05) is 13.2 Å². The van der Waals surface area contributed by atoms with Crippen molar-refractivity contribution in [1.29, 1.82) is 0 Å². The molecular formula is C11H19NO3. The van der Waals surface area contributed by atoms with E-state index in [1.807, 2.05) is 0 Å². The number of ketones is 1. The van der Waals surface area contributed by atoms with Gasteiger partial charge in [0.1, 0.15) is 6.42 Å². The molecule has 1 aliphatic rings. The number of ether oxygens (including phenoxy) is 1. The van der Waals surface area contributed by atoms with Crippen LogP contribution in [0.3, 0.4) is 0 Å². The van der Waals surface area contributed by atoms with Gasteiger partial charge < -0.3 is 10.1 Å². The van der Waals surface area contributed by atoms with E-state index in [1.54, 1.807) is 6.92 Å². The first kappa shape index (κ1) is 12.2. The Morgan fingerprint density at radius 1 is 1.47 bits per heavy atom. The smallest absolute Gasteiger partial charge is 0.313 e. The molecule has 0 spiro atoms. The second-order valence-electron chi connectivity index (χ2n) is 4.08. The zero-order valence-corrected chi connectivity index (χ0v) is 9.41. The summed E-state index contributed by atoms with van der Waals surface area (Å²) in [6.07, 6.45) is 1.83. The van der Waals surface area contributed by atoms with E-state index >= 15 is 0 Å². The number of Topliss-reactive ketones (excluding diaryl/α,β-unsaturated/α-hetero) is 1. The zero-order valence-electron chi connectivity index (χ0n) is 9.41. The van der Waals surface area contributed by atoms with Crippen molar-refractivity contribution in [2.24, 2.45) is 5.92 Å². The highest BCUT2D eigenvalue weighted by atomic mass is 16.5. The lowest BCUT2D eigenvalue weighted by atomic mass is 9.91. The molecule has 4 nitrogen and oxygen atoms in total. The number of rotatable bonds is 4. The molecule has 0 saturated carbocycles. The minimum atomic E-state index is -0.414. The molecule has 4 heteroatoms. The largest absolute Gasteiger partial charge is 0.466 e. The summed E-state index contributed by atoms with van der Waals surface area (Å²) in [5.41, 5.74) is 0. The van der Waals surface area contributed by atoms with Gasteiger partial charge >= 0.3 is 5.97 Å². The van der Waals surface area contributed by atoms with E-state index in [1.165, 1.54) is 0 Å². The first-order valence-electron chi connectivity index (χ1n) is 5.55. The van der Waals surface area contributed by atoms with Gasteiger partial charge in [0.2, 0.25) is 0 Å². The van der Waals surface area contributed by atoms with Crippen molar-refractivity contribution in [3.8, 4) is 0 Å². The van der Waals surface area contributed by atoms with Crippen molar-refractivity contribution in [3.63, 3.8) is 0 Å². The first-order valence-corrected chi connectivity index (χ1v) is 5.55. The molecule has 2 atom stereocenters. The molecule has 86 valence electrons. The van der Waals surface area contributed by atoms with E-state index in [9.17, 15) is 9.59 Å². The third-order valence-corrected chi connectivity index (χ3v) is 2.68. The Balaban J connectivity index is 2.35. The molecule has 0 aromatic heterocycles. The first-order chi connectivity index (χ1) is 7.13. The van der Waals surface area contributed by atoms with Crippen molar-refractivity contribution < 1.29 is 14.3 Å². The summed E-state index contributed by atoms with van der Waals surface area (Å²) in [5.74, 6) is 0.102. The maximum absolute atomic E-state index is 11.7. The van der Waals surface area contributed by atoms with Crippen LogP contribution in [-0.2, 0) is 14.3 Å². The fourth-order valence-electron chi connectivity index (χ4n) is 1.83.